The van der Waals surface area contributed by atoms with Gasteiger partial charge < -0.3 is 29.2 Å². The predicted octanol–water partition coefficient (Wildman–Crippen LogP) is -1.16. The molecule has 2 fully saturated rings. The average Bonchev–Trinajstić information content (AvgIpc) is 2.24. The van der Waals surface area contributed by atoms with Crippen molar-refractivity contribution in [3.63, 3.8) is 0 Å². The van der Waals surface area contributed by atoms with E-state index in [-0.39, 0.29) is 0 Å². The van der Waals surface area contributed by atoms with E-state index in [4.69, 9.17) is 18.9 Å². The van der Waals surface area contributed by atoms with E-state index in [2.05, 4.69) is 0 Å². The molecule has 2 heterocycles. The van der Waals surface area contributed by atoms with Gasteiger partial charge in [-0.1, -0.05) is 0 Å². The van der Waals surface area contributed by atoms with Crippen molar-refractivity contribution in [3.8, 4) is 0 Å². The van der Waals surface area contributed by atoms with E-state index in [1.54, 1.807) is 6.92 Å². The van der Waals surface area contributed by atoms with Crippen LogP contribution in [0.2, 0.25) is 0 Å². The van der Waals surface area contributed by atoms with Gasteiger partial charge in [-0.05, 0) is 6.92 Å². The molecule has 0 aromatic heterocycles. The van der Waals surface area contributed by atoms with Crippen LogP contribution in [0.5, 0.6) is 0 Å². The third-order valence-electron chi connectivity index (χ3n) is 2.72. The molecule has 6 heteroatoms. The Morgan fingerprint density at radius 2 is 1.93 bits per heavy atom. The first-order chi connectivity index (χ1) is 7.13. The number of aliphatic hydroxyl groups is 2. The fourth-order valence-corrected chi connectivity index (χ4v) is 1.89. The Hall–Kier alpha value is -0.240. The van der Waals surface area contributed by atoms with E-state index < -0.39 is 37.0 Å². The molecule has 0 aromatic rings. The van der Waals surface area contributed by atoms with E-state index in [1.165, 1.54) is 7.11 Å². The second-order valence-corrected chi connectivity index (χ2v) is 3.76. The molecular formula is C9H16O6. The highest BCUT2D eigenvalue weighted by Crippen LogP contribution is 2.28. The van der Waals surface area contributed by atoms with Crippen molar-refractivity contribution in [2.24, 2.45) is 0 Å². The van der Waals surface area contributed by atoms with Crippen molar-refractivity contribution < 1.29 is 29.2 Å². The second-order valence-electron chi connectivity index (χ2n) is 3.76. The highest BCUT2D eigenvalue weighted by Gasteiger charge is 2.48. The monoisotopic (exact) mass is 220 g/mol. The number of fused-ring (bicyclic) bond motifs is 1. The third-order valence-corrected chi connectivity index (χ3v) is 2.72. The van der Waals surface area contributed by atoms with Crippen LogP contribution >= 0.6 is 0 Å². The molecule has 2 aliphatic rings. The average molecular weight is 220 g/mol. The van der Waals surface area contributed by atoms with Crippen LogP contribution in [0.1, 0.15) is 6.92 Å². The number of ether oxygens (including phenoxy) is 4. The van der Waals surface area contributed by atoms with Crippen molar-refractivity contribution in [1.29, 1.82) is 0 Å². The lowest BCUT2D eigenvalue weighted by molar-refractivity contribution is -0.352. The molecule has 0 bridgehead atoms. The summed E-state index contributed by atoms with van der Waals surface area (Å²) in [6.45, 7) is 2.06. The lowest BCUT2D eigenvalue weighted by Gasteiger charge is -2.45. The molecule has 2 rings (SSSR count). The fourth-order valence-electron chi connectivity index (χ4n) is 1.89. The molecule has 0 spiro atoms. The number of methoxy groups -OCH3 is 1. The summed E-state index contributed by atoms with van der Waals surface area (Å²) in [7, 11) is 1.41. The molecule has 2 aliphatic heterocycles. The molecule has 1 unspecified atom stereocenters. The van der Waals surface area contributed by atoms with Gasteiger partial charge in [0.1, 0.15) is 24.4 Å². The first-order valence-corrected chi connectivity index (χ1v) is 4.95. The van der Waals surface area contributed by atoms with Gasteiger partial charge in [-0.3, -0.25) is 0 Å². The van der Waals surface area contributed by atoms with Crippen LogP contribution in [0.25, 0.3) is 0 Å². The first-order valence-electron chi connectivity index (χ1n) is 4.95. The highest BCUT2D eigenvalue weighted by molar-refractivity contribution is 4.91. The van der Waals surface area contributed by atoms with Crippen molar-refractivity contribution >= 4 is 0 Å². The van der Waals surface area contributed by atoms with Crippen LogP contribution in [-0.2, 0) is 18.9 Å². The zero-order valence-electron chi connectivity index (χ0n) is 8.70. The van der Waals surface area contributed by atoms with Gasteiger partial charge >= 0.3 is 0 Å². The maximum Gasteiger partial charge on any atom is 0.186 e. The van der Waals surface area contributed by atoms with Crippen molar-refractivity contribution in [2.45, 2.75) is 43.9 Å². The summed E-state index contributed by atoms with van der Waals surface area (Å²) in [5.74, 6) is 0. The van der Waals surface area contributed by atoms with Crippen molar-refractivity contribution in [1.82, 2.24) is 0 Å². The van der Waals surface area contributed by atoms with Crippen LogP contribution in [0.4, 0.5) is 0 Å². The highest BCUT2D eigenvalue weighted by atomic mass is 16.7. The number of aliphatic hydroxyl groups excluding tert-OH is 2. The molecule has 2 N–H and O–H groups in total. The number of rotatable bonds is 1. The molecule has 6 atom stereocenters. The maximum atomic E-state index is 9.80. The van der Waals surface area contributed by atoms with Gasteiger partial charge in [-0.2, -0.15) is 0 Å². The molecule has 2 saturated heterocycles. The van der Waals surface area contributed by atoms with Crippen LogP contribution in [0, 0.1) is 0 Å². The molecule has 0 amide bonds. The normalized spacial score (nSPS) is 51.2. The Morgan fingerprint density at radius 1 is 1.20 bits per heavy atom. The molecule has 6 nitrogen and oxygen atoms in total. The molecule has 0 saturated carbocycles. The lowest BCUT2D eigenvalue weighted by atomic mass is 9.98. The van der Waals surface area contributed by atoms with Gasteiger partial charge in [0, 0.05) is 7.11 Å². The SMILES string of the molecule is COC1O[C@@H]2CO[C@@H](C)O[C@H]2[C@H](O)[C@H]1O. The number of hydrogen-bond donors (Lipinski definition) is 2. The Bertz CT molecular complexity index is 221. The Morgan fingerprint density at radius 3 is 2.60 bits per heavy atom. The van der Waals surface area contributed by atoms with E-state index >= 15 is 0 Å². The minimum Gasteiger partial charge on any atom is -0.387 e. The topological polar surface area (TPSA) is 77.4 Å². The van der Waals surface area contributed by atoms with Gasteiger partial charge in [0.15, 0.2) is 12.6 Å². The van der Waals surface area contributed by atoms with E-state index in [1.807, 2.05) is 0 Å². The summed E-state index contributed by atoms with van der Waals surface area (Å²) in [5, 5.41) is 19.4. The van der Waals surface area contributed by atoms with Gasteiger partial charge in [0.05, 0.1) is 6.61 Å². The fraction of sp³-hybridized carbons (Fsp3) is 1.00. The standard InChI is InChI=1S/C9H16O6/c1-4-13-3-5-8(14-4)6(10)7(11)9(12-2)15-5/h4-11H,3H2,1-2H3/t4-,5-,6-,7-,8-,9?/m1/s1. The summed E-state index contributed by atoms with van der Waals surface area (Å²) in [5.41, 5.74) is 0. The zero-order valence-corrected chi connectivity index (χ0v) is 8.70. The molecular weight excluding hydrogens is 204 g/mol. The minimum atomic E-state index is -1.10. The molecule has 88 valence electrons. The quantitative estimate of drug-likeness (QED) is 0.580. The summed E-state index contributed by atoms with van der Waals surface area (Å²) >= 11 is 0. The molecule has 0 aromatic carbocycles. The van der Waals surface area contributed by atoms with Crippen LogP contribution in [-0.4, -0.2) is 60.9 Å². The Balaban J connectivity index is 2.07. The summed E-state index contributed by atoms with van der Waals surface area (Å²) in [6, 6.07) is 0. The Labute approximate surface area is 87.7 Å². The smallest absolute Gasteiger partial charge is 0.186 e. The number of hydrogen-bond acceptors (Lipinski definition) is 6. The van der Waals surface area contributed by atoms with Gasteiger partial charge in [0.2, 0.25) is 0 Å². The van der Waals surface area contributed by atoms with Crippen LogP contribution in [0.3, 0.4) is 0 Å². The molecule has 0 aliphatic carbocycles. The minimum absolute atomic E-state index is 0.329. The van der Waals surface area contributed by atoms with Crippen molar-refractivity contribution in [3.05, 3.63) is 0 Å². The zero-order chi connectivity index (χ0) is 11.0. The van der Waals surface area contributed by atoms with Crippen LogP contribution < -0.4 is 0 Å². The summed E-state index contributed by atoms with van der Waals surface area (Å²) in [6.07, 6.45) is -4.29. The summed E-state index contributed by atoms with van der Waals surface area (Å²) < 4.78 is 20.9. The third kappa shape index (κ3) is 2.01. The van der Waals surface area contributed by atoms with Gasteiger partial charge in [-0.25, -0.2) is 0 Å². The maximum absolute atomic E-state index is 9.80. The van der Waals surface area contributed by atoms with Gasteiger partial charge in [0.25, 0.3) is 0 Å². The largest absolute Gasteiger partial charge is 0.387 e. The Kier molecular flexibility index (Phi) is 3.24. The molecule has 15 heavy (non-hydrogen) atoms. The molecule has 0 radical (unpaired) electrons. The van der Waals surface area contributed by atoms with Gasteiger partial charge in [-0.15, -0.1) is 0 Å². The van der Waals surface area contributed by atoms with Crippen molar-refractivity contribution in [2.75, 3.05) is 13.7 Å². The lowest BCUT2D eigenvalue weighted by Crippen LogP contribution is -2.62. The first kappa shape index (κ1) is 11.3. The van der Waals surface area contributed by atoms with E-state index in [0.717, 1.165) is 0 Å². The van der Waals surface area contributed by atoms with E-state index in [9.17, 15) is 10.2 Å². The van der Waals surface area contributed by atoms with Crippen LogP contribution in [0.15, 0.2) is 0 Å². The summed E-state index contributed by atoms with van der Waals surface area (Å²) in [4.78, 5) is 0. The van der Waals surface area contributed by atoms with E-state index in [0.29, 0.717) is 6.61 Å². The predicted molar refractivity (Wildman–Crippen MR) is 48.0 cm³/mol. The second kappa shape index (κ2) is 4.32.